The van der Waals surface area contributed by atoms with Crippen molar-refractivity contribution in [2.24, 2.45) is 5.10 Å². The summed E-state index contributed by atoms with van der Waals surface area (Å²) >= 11 is 0. The molecule has 0 aliphatic carbocycles. The van der Waals surface area contributed by atoms with E-state index in [9.17, 15) is 4.79 Å². The fourth-order valence-electron chi connectivity index (χ4n) is 2.83. The van der Waals surface area contributed by atoms with Gasteiger partial charge >= 0.3 is 0 Å². The van der Waals surface area contributed by atoms with Crippen molar-refractivity contribution in [2.75, 3.05) is 6.61 Å². The molecule has 0 atom stereocenters. The highest BCUT2D eigenvalue weighted by molar-refractivity contribution is 5.83. The van der Waals surface area contributed by atoms with Gasteiger partial charge < -0.3 is 9.47 Å². The van der Waals surface area contributed by atoms with Crippen LogP contribution in [0.15, 0.2) is 84.0 Å². The average Bonchev–Trinajstić information content (AvgIpc) is 2.78. The third kappa shape index (κ3) is 6.48. The molecule has 0 aliphatic rings. The first kappa shape index (κ1) is 21.1. The van der Waals surface area contributed by atoms with Gasteiger partial charge in [-0.1, -0.05) is 62.4 Å². The lowest BCUT2D eigenvalue weighted by atomic mass is 10.0. The van der Waals surface area contributed by atoms with Crippen molar-refractivity contribution in [3.63, 3.8) is 0 Å². The zero-order chi connectivity index (χ0) is 21.2. The van der Waals surface area contributed by atoms with E-state index in [2.05, 4.69) is 24.4 Å². The number of nitrogens with zero attached hydrogens (tertiary/aromatic N) is 1. The number of hydrazone groups is 1. The maximum atomic E-state index is 12.0. The standard InChI is InChI=1S/C25H26N2O3/c1-19(2)23-10-6-7-11-24(23)30-18-25(28)27-26-16-20-12-14-22(15-13-20)29-17-21-8-4-3-5-9-21/h3-16,19H,17-18H2,1-2H3,(H,27,28). The molecule has 3 aromatic rings. The van der Waals surface area contributed by atoms with Crippen LogP contribution in [0.25, 0.3) is 0 Å². The van der Waals surface area contributed by atoms with E-state index < -0.39 is 0 Å². The van der Waals surface area contributed by atoms with Gasteiger partial charge in [-0.2, -0.15) is 5.10 Å². The summed E-state index contributed by atoms with van der Waals surface area (Å²) in [6.45, 7) is 4.60. The molecule has 0 radical (unpaired) electrons. The van der Waals surface area contributed by atoms with E-state index in [4.69, 9.17) is 9.47 Å². The topological polar surface area (TPSA) is 59.9 Å². The third-order valence-electron chi connectivity index (χ3n) is 4.43. The van der Waals surface area contributed by atoms with Gasteiger partial charge in [-0.05, 0) is 52.9 Å². The maximum absolute atomic E-state index is 12.0. The highest BCUT2D eigenvalue weighted by Gasteiger charge is 2.08. The van der Waals surface area contributed by atoms with E-state index in [1.54, 1.807) is 6.21 Å². The maximum Gasteiger partial charge on any atom is 0.277 e. The van der Waals surface area contributed by atoms with Crippen LogP contribution in [0, 0.1) is 0 Å². The summed E-state index contributed by atoms with van der Waals surface area (Å²) < 4.78 is 11.4. The second kappa shape index (κ2) is 10.8. The largest absolute Gasteiger partial charge is 0.489 e. The zero-order valence-corrected chi connectivity index (χ0v) is 17.2. The number of para-hydroxylation sites is 1. The van der Waals surface area contributed by atoms with Crippen LogP contribution in [0.2, 0.25) is 0 Å². The predicted octanol–water partition coefficient (Wildman–Crippen LogP) is 4.92. The Morgan fingerprint density at radius 1 is 0.933 bits per heavy atom. The normalized spacial score (nSPS) is 10.9. The van der Waals surface area contributed by atoms with Crippen molar-refractivity contribution in [3.8, 4) is 11.5 Å². The minimum Gasteiger partial charge on any atom is -0.489 e. The second-order valence-electron chi connectivity index (χ2n) is 7.12. The Morgan fingerprint density at radius 3 is 2.37 bits per heavy atom. The molecule has 154 valence electrons. The summed E-state index contributed by atoms with van der Waals surface area (Å²) in [4.78, 5) is 12.0. The number of carbonyl (C=O) groups excluding carboxylic acids is 1. The molecule has 0 saturated carbocycles. The number of rotatable bonds is 9. The highest BCUT2D eigenvalue weighted by Crippen LogP contribution is 2.25. The quantitative estimate of drug-likeness (QED) is 0.408. The Hall–Kier alpha value is -3.60. The van der Waals surface area contributed by atoms with Crippen molar-refractivity contribution in [1.82, 2.24) is 5.43 Å². The van der Waals surface area contributed by atoms with Gasteiger partial charge in [0.25, 0.3) is 5.91 Å². The molecule has 0 aromatic heterocycles. The van der Waals surface area contributed by atoms with Crippen LogP contribution < -0.4 is 14.9 Å². The molecule has 3 rings (SSSR count). The first-order valence-corrected chi connectivity index (χ1v) is 9.92. The molecule has 1 amide bonds. The Bertz CT molecular complexity index is 967. The SMILES string of the molecule is CC(C)c1ccccc1OCC(=O)NN=Cc1ccc(OCc2ccccc2)cc1. The summed E-state index contributed by atoms with van der Waals surface area (Å²) in [6.07, 6.45) is 1.58. The molecule has 1 N–H and O–H groups in total. The predicted molar refractivity (Wildman–Crippen MR) is 119 cm³/mol. The van der Waals surface area contributed by atoms with Crippen LogP contribution in [-0.4, -0.2) is 18.7 Å². The van der Waals surface area contributed by atoms with Gasteiger partial charge in [0.1, 0.15) is 18.1 Å². The molecule has 0 heterocycles. The molecule has 5 heteroatoms. The van der Waals surface area contributed by atoms with E-state index >= 15 is 0 Å². The minimum absolute atomic E-state index is 0.0899. The van der Waals surface area contributed by atoms with E-state index in [0.29, 0.717) is 12.5 Å². The molecular formula is C25H26N2O3. The summed E-state index contributed by atoms with van der Waals surface area (Å²) in [6, 6.07) is 25.2. The van der Waals surface area contributed by atoms with Gasteiger partial charge in [-0.15, -0.1) is 0 Å². The molecule has 0 fully saturated rings. The molecule has 0 aliphatic heterocycles. The average molecular weight is 402 g/mol. The van der Waals surface area contributed by atoms with E-state index in [1.807, 2.05) is 78.9 Å². The van der Waals surface area contributed by atoms with Gasteiger partial charge in [-0.3, -0.25) is 4.79 Å². The van der Waals surface area contributed by atoms with E-state index in [1.165, 1.54) is 0 Å². The van der Waals surface area contributed by atoms with Crippen LogP contribution in [0.5, 0.6) is 11.5 Å². The van der Waals surface area contributed by atoms with Gasteiger partial charge in [0.05, 0.1) is 6.21 Å². The van der Waals surface area contributed by atoms with E-state index in [-0.39, 0.29) is 12.5 Å². The van der Waals surface area contributed by atoms with Crippen LogP contribution >= 0.6 is 0 Å². The number of hydrogen-bond donors (Lipinski definition) is 1. The Kier molecular flexibility index (Phi) is 7.61. The van der Waals surface area contributed by atoms with Crippen LogP contribution in [-0.2, 0) is 11.4 Å². The van der Waals surface area contributed by atoms with Crippen molar-refractivity contribution in [1.29, 1.82) is 0 Å². The molecule has 0 spiro atoms. The Labute approximate surface area is 177 Å². The third-order valence-corrected chi connectivity index (χ3v) is 4.43. The van der Waals surface area contributed by atoms with Crippen LogP contribution in [0.4, 0.5) is 0 Å². The molecule has 30 heavy (non-hydrogen) atoms. The van der Waals surface area contributed by atoms with Crippen LogP contribution in [0.1, 0.15) is 36.5 Å². The number of carbonyl (C=O) groups is 1. The first-order valence-electron chi connectivity index (χ1n) is 9.92. The molecule has 0 unspecified atom stereocenters. The molecule has 5 nitrogen and oxygen atoms in total. The number of benzene rings is 3. The molecular weight excluding hydrogens is 376 g/mol. The minimum atomic E-state index is -0.312. The first-order chi connectivity index (χ1) is 14.6. The lowest BCUT2D eigenvalue weighted by Crippen LogP contribution is -2.24. The molecule has 3 aromatic carbocycles. The lowest BCUT2D eigenvalue weighted by Gasteiger charge is -2.12. The van der Waals surface area contributed by atoms with Crippen molar-refractivity contribution >= 4 is 12.1 Å². The summed E-state index contributed by atoms with van der Waals surface area (Å²) in [5.41, 5.74) is 5.53. The van der Waals surface area contributed by atoms with Crippen molar-refractivity contribution < 1.29 is 14.3 Å². The molecule has 0 bridgehead atoms. The lowest BCUT2D eigenvalue weighted by molar-refractivity contribution is -0.123. The highest BCUT2D eigenvalue weighted by atomic mass is 16.5. The van der Waals surface area contributed by atoms with Gasteiger partial charge in [-0.25, -0.2) is 5.43 Å². The fraction of sp³-hybridized carbons (Fsp3) is 0.200. The number of nitrogens with one attached hydrogen (secondary N) is 1. The smallest absolute Gasteiger partial charge is 0.277 e. The van der Waals surface area contributed by atoms with E-state index in [0.717, 1.165) is 28.2 Å². The fourth-order valence-corrected chi connectivity index (χ4v) is 2.83. The zero-order valence-electron chi connectivity index (χ0n) is 17.2. The van der Waals surface area contributed by atoms with Crippen molar-refractivity contribution in [2.45, 2.75) is 26.4 Å². The second-order valence-corrected chi connectivity index (χ2v) is 7.12. The Balaban J connectivity index is 1.44. The summed E-state index contributed by atoms with van der Waals surface area (Å²) in [5, 5.41) is 3.99. The van der Waals surface area contributed by atoms with Crippen LogP contribution in [0.3, 0.4) is 0 Å². The summed E-state index contributed by atoms with van der Waals surface area (Å²) in [5.74, 6) is 1.50. The van der Waals surface area contributed by atoms with Gasteiger partial charge in [0.2, 0.25) is 0 Å². The van der Waals surface area contributed by atoms with Gasteiger partial charge in [0, 0.05) is 0 Å². The van der Waals surface area contributed by atoms with Gasteiger partial charge in [0.15, 0.2) is 6.61 Å². The Morgan fingerprint density at radius 2 is 1.63 bits per heavy atom. The number of hydrogen-bond acceptors (Lipinski definition) is 4. The molecule has 0 saturated heterocycles. The monoisotopic (exact) mass is 402 g/mol. The van der Waals surface area contributed by atoms with Crippen molar-refractivity contribution in [3.05, 3.63) is 95.6 Å². The summed E-state index contributed by atoms with van der Waals surface area (Å²) in [7, 11) is 0. The number of amides is 1. The number of ether oxygens (including phenoxy) is 2.